The highest BCUT2D eigenvalue weighted by molar-refractivity contribution is 5.97. The van der Waals surface area contributed by atoms with Crippen molar-refractivity contribution >= 4 is 11.6 Å². The molecule has 1 saturated heterocycles. The standard InChI is InChI=1S/C13H14FNO3/c14-9-3-4-11-12(6-9)18-8-13(16)15(11)7-10-2-1-5-17-10/h3-4,6,10H,1-2,5,7-8H2. The molecule has 2 aliphatic rings. The second kappa shape index (κ2) is 4.57. The zero-order chi connectivity index (χ0) is 12.5. The average Bonchev–Trinajstić information content (AvgIpc) is 2.86. The van der Waals surface area contributed by atoms with Gasteiger partial charge in [0.15, 0.2) is 6.61 Å². The van der Waals surface area contributed by atoms with Gasteiger partial charge >= 0.3 is 0 Å². The highest BCUT2D eigenvalue weighted by atomic mass is 19.1. The molecule has 0 bridgehead atoms. The van der Waals surface area contributed by atoms with Crippen molar-refractivity contribution < 1.29 is 18.7 Å². The van der Waals surface area contributed by atoms with E-state index in [0.29, 0.717) is 18.0 Å². The number of anilines is 1. The third-order valence-corrected chi connectivity index (χ3v) is 3.28. The molecule has 0 spiro atoms. The normalized spacial score (nSPS) is 22.8. The number of rotatable bonds is 2. The largest absolute Gasteiger partial charge is 0.481 e. The summed E-state index contributed by atoms with van der Waals surface area (Å²) < 4.78 is 23.9. The zero-order valence-corrected chi connectivity index (χ0v) is 9.89. The number of hydrogen-bond acceptors (Lipinski definition) is 3. The van der Waals surface area contributed by atoms with Crippen LogP contribution in [0.2, 0.25) is 0 Å². The van der Waals surface area contributed by atoms with Crippen LogP contribution >= 0.6 is 0 Å². The number of carbonyl (C=O) groups excluding carboxylic acids is 1. The molecule has 0 saturated carbocycles. The summed E-state index contributed by atoms with van der Waals surface area (Å²) in [4.78, 5) is 13.5. The number of hydrogen-bond donors (Lipinski definition) is 0. The molecular weight excluding hydrogens is 237 g/mol. The van der Waals surface area contributed by atoms with Gasteiger partial charge in [-0.2, -0.15) is 0 Å². The van der Waals surface area contributed by atoms with Gasteiger partial charge < -0.3 is 14.4 Å². The molecular formula is C13H14FNO3. The van der Waals surface area contributed by atoms with Gasteiger partial charge in [-0.15, -0.1) is 0 Å². The zero-order valence-electron chi connectivity index (χ0n) is 9.89. The lowest BCUT2D eigenvalue weighted by molar-refractivity contribution is -0.121. The summed E-state index contributed by atoms with van der Waals surface area (Å²) in [5, 5.41) is 0. The summed E-state index contributed by atoms with van der Waals surface area (Å²) >= 11 is 0. The Morgan fingerprint density at radius 2 is 2.33 bits per heavy atom. The van der Waals surface area contributed by atoms with Gasteiger partial charge in [0.05, 0.1) is 18.3 Å². The van der Waals surface area contributed by atoms with Crippen molar-refractivity contribution in [3.63, 3.8) is 0 Å². The molecule has 18 heavy (non-hydrogen) atoms. The minimum atomic E-state index is -0.361. The SMILES string of the molecule is O=C1COc2cc(F)ccc2N1CC1CCCO1. The molecule has 96 valence electrons. The summed E-state index contributed by atoms with van der Waals surface area (Å²) in [6.07, 6.45) is 2.06. The van der Waals surface area contributed by atoms with Crippen LogP contribution in [0.25, 0.3) is 0 Å². The number of amides is 1. The van der Waals surface area contributed by atoms with E-state index in [2.05, 4.69) is 0 Å². The van der Waals surface area contributed by atoms with Crippen LogP contribution in [0, 0.1) is 5.82 Å². The minimum Gasteiger partial charge on any atom is -0.481 e. The lowest BCUT2D eigenvalue weighted by Crippen LogP contribution is -2.43. The fourth-order valence-electron chi connectivity index (χ4n) is 2.37. The molecule has 0 N–H and O–H groups in total. The van der Waals surface area contributed by atoms with Crippen LogP contribution < -0.4 is 9.64 Å². The van der Waals surface area contributed by atoms with Crippen LogP contribution in [0.15, 0.2) is 18.2 Å². The van der Waals surface area contributed by atoms with E-state index < -0.39 is 0 Å². The van der Waals surface area contributed by atoms with Crippen LogP contribution in [0.1, 0.15) is 12.8 Å². The Morgan fingerprint density at radius 1 is 1.44 bits per heavy atom. The molecule has 0 radical (unpaired) electrons. The first kappa shape index (κ1) is 11.5. The van der Waals surface area contributed by atoms with E-state index in [4.69, 9.17) is 9.47 Å². The number of halogens is 1. The molecule has 1 amide bonds. The van der Waals surface area contributed by atoms with Crippen LogP contribution in [-0.2, 0) is 9.53 Å². The summed E-state index contributed by atoms with van der Waals surface area (Å²) in [6.45, 7) is 1.23. The number of carbonyl (C=O) groups is 1. The second-order valence-corrected chi connectivity index (χ2v) is 4.54. The van der Waals surface area contributed by atoms with Crippen LogP contribution in [0.4, 0.5) is 10.1 Å². The lowest BCUT2D eigenvalue weighted by atomic mass is 10.2. The van der Waals surface area contributed by atoms with E-state index >= 15 is 0 Å². The third kappa shape index (κ3) is 2.06. The van der Waals surface area contributed by atoms with E-state index in [9.17, 15) is 9.18 Å². The highest BCUT2D eigenvalue weighted by Gasteiger charge is 2.29. The van der Waals surface area contributed by atoms with Gasteiger partial charge in [0.25, 0.3) is 5.91 Å². The van der Waals surface area contributed by atoms with E-state index in [1.165, 1.54) is 12.1 Å². The number of fused-ring (bicyclic) bond motifs is 1. The Morgan fingerprint density at radius 3 is 3.11 bits per heavy atom. The third-order valence-electron chi connectivity index (χ3n) is 3.28. The topological polar surface area (TPSA) is 38.8 Å². The number of benzene rings is 1. The molecule has 1 aromatic carbocycles. The van der Waals surface area contributed by atoms with Crippen LogP contribution in [0.3, 0.4) is 0 Å². The molecule has 0 aromatic heterocycles. The molecule has 0 aliphatic carbocycles. The first-order valence-corrected chi connectivity index (χ1v) is 6.08. The predicted molar refractivity (Wildman–Crippen MR) is 63.2 cm³/mol. The van der Waals surface area contributed by atoms with Crippen molar-refractivity contribution in [1.82, 2.24) is 0 Å². The fourth-order valence-corrected chi connectivity index (χ4v) is 2.37. The van der Waals surface area contributed by atoms with Crippen molar-refractivity contribution in [2.24, 2.45) is 0 Å². The predicted octanol–water partition coefficient (Wildman–Crippen LogP) is 1.73. The molecule has 1 unspecified atom stereocenters. The number of ether oxygens (including phenoxy) is 2. The van der Waals surface area contributed by atoms with Gasteiger partial charge in [0, 0.05) is 12.7 Å². The van der Waals surface area contributed by atoms with E-state index in [0.717, 1.165) is 19.4 Å². The fraction of sp³-hybridized carbons (Fsp3) is 0.462. The molecule has 1 atom stereocenters. The van der Waals surface area contributed by atoms with E-state index in [1.807, 2.05) is 0 Å². The van der Waals surface area contributed by atoms with Crippen molar-refractivity contribution in [1.29, 1.82) is 0 Å². The summed E-state index contributed by atoms with van der Waals surface area (Å²) in [6, 6.07) is 4.23. The maximum atomic E-state index is 13.1. The van der Waals surface area contributed by atoms with E-state index in [-0.39, 0.29) is 24.4 Å². The van der Waals surface area contributed by atoms with Gasteiger partial charge in [0.2, 0.25) is 0 Å². The smallest absolute Gasteiger partial charge is 0.265 e. The summed E-state index contributed by atoms with van der Waals surface area (Å²) in [5.41, 5.74) is 0.628. The quantitative estimate of drug-likeness (QED) is 0.803. The molecule has 2 aliphatic heterocycles. The molecule has 1 fully saturated rings. The van der Waals surface area contributed by atoms with Crippen LogP contribution in [0.5, 0.6) is 5.75 Å². The van der Waals surface area contributed by atoms with Gasteiger partial charge in [-0.1, -0.05) is 0 Å². The molecule has 1 aromatic rings. The van der Waals surface area contributed by atoms with Crippen molar-refractivity contribution in [2.75, 3.05) is 24.7 Å². The second-order valence-electron chi connectivity index (χ2n) is 4.54. The Kier molecular flexibility index (Phi) is 2.91. The molecule has 4 nitrogen and oxygen atoms in total. The Bertz CT molecular complexity index is 471. The molecule has 5 heteroatoms. The maximum Gasteiger partial charge on any atom is 0.265 e. The van der Waals surface area contributed by atoms with Crippen molar-refractivity contribution in [3.05, 3.63) is 24.0 Å². The molecule has 2 heterocycles. The Labute approximate surface area is 104 Å². The Balaban J connectivity index is 1.86. The van der Waals surface area contributed by atoms with Crippen molar-refractivity contribution in [2.45, 2.75) is 18.9 Å². The monoisotopic (exact) mass is 251 g/mol. The van der Waals surface area contributed by atoms with Crippen molar-refractivity contribution in [3.8, 4) is 5.75 Å². The first-order chi connectivity index (χ1) is 8.74. The average molecular weight is 251 g/mol. The van der Waals surface area contributed by atoms with Gasteiger partial charge in [-0.25, -0.2) is 4.39 Å². The van der Waals surface area contributed by atoms with Crippen LogP contribution in [-0.4, -0.2) is 31.8 Å². The Hall–Kier alpha value is -1.62. The van der Waals surface area contributed by atoms with E-state index in [1.54, 1.807) is 11.0 Å². The highest BCUT2D eigenvalue weighted by Crippen LogP contribution is 2.33. The maximum absolute atomic E-state index is 13.1. The summed E-state index contributed by atoms with van der Waals surface area (Å²) in [7, 11) is 0. The van der Waals surface area contributed by atoms with Gasteiger partial charge in [0.1, 0.15) is 11.6 Å². The summed E-state index contributed by atoms with van der Waals surface area (Å²) in [5.74, 6) is -0.0441. The lowest BCUT2D eigenvalue weighted by Gasteiger charge is -2.30. The first-order valence-electron chi connectivity index (χ1n) is 6.08. The minimum absolute atomic E-state index is 0.0385. The van der Waals surface area contributed by atoms with Gasteiger partial charge in [-0.3, -0.25) is 4.79 Å². The molecule has 3 rings (SSSR count). The van der Waals surface area contributed by atoms with Gasteiger partial charge in [-0.05, 0) is 25.0 Å². The number of nitrogens with zero attached hydrogens (tertiary/aromatic N) is 1.